The van der Waals surface area contributed by atoms with Gasteiger partial charge in [0, 0.05) is 18.3 Å². The molecule has 0 spiro atoms. The summed E-state index contributed by atoms with van der Waals surface area (Å²) in [5.74, 6) is -3.39. The van der Waals surface area contributed by atoms with E-state index in [9.17, 15) is 24.3 Å². The third kappa shape index (κ3) is 10.7. The van der Waals surface area contributed by atoms with Crippen molar-refractivity contribution in [2.24, 2.45) is 17.6 Å². The molecule has 3 N–H and O–H groups in total. The molecule has 37 heavy (non-hydrogen) atoms. The van der Waals surface area contributed by atoms with E-state index in [0.29, 0.717) is 5.56 Å². The molecule has 0 heterocycles. The van der Waals surface area contributed by atoms with E-state index < -0.39 is 60.4 Å². The summed E-state index contributed by atoms with van der Waals surface area (Å²) < 4.78 is 26.0. The van der Waals surface area contributed by atoms with Crippen LogP contribution in [0.1, 0.15) is 73.3 Å². The summed E-state index contributed by atoms with van der Waals surface area (Å²) in [6.07, 6.45) is -3.50. The van der Waals surface area contributed by atoms with Crippen LogP contribution in [0.4, 0.5) is 9.59 Å². The average molecular weight is 526 g/mol. The van der Waals surface area contributed by atoms with Gasteiger partial charge >= 0.3 is 24.2 Å². The Morgan fingerprint density at radius 1 is 0.811 bits per heavy atom. The van der Waals surface area contributed by atoms with Gasteiger partial charge in [-0.15, -0.1) is 0 Å². The number of aliphatic carboxylic acids is 1. The van der Waals surface area contributed by atoms with Crippen LogP contribution < -0.4 is 15.2 Å². The first-order valence-corrected chi connectivity index (χ1v) is 12.2. The minimum atomic E-state index is -1.39. The molecule has 0 saturated heterocycles. The number of carboxylic acid groups (broad SMARTS) is 1. The van der Waals surface area contributed by atoms with Gasteiger partial charge in [-0.3, -0.25) is 9.59 Å². The van der Waals surface area contributed by atoms with Gasteiger partial charge in [0.05, 0.1) is 12.2 Å². The smallest absolute Gasteiger partial charge is 0.480 e. The van der Waals surface area contributed by atoms with Gasteiger partial charge in [0.15, 0.2) is 11.5 Å². The van der Waals surface area contributed by atoms with Crippen LogP contribution in [0.25, 0.3) is 0 Å². The molecule has 4 atom stereocenters. The molecule has 11 nitrogen and oxygen atoms in total. The number of esters is 1. The fraction of sp³-hybridized carbons (Fsp3) is 0.615. The summed E-state index contributed by atoms with van der Waals surface area (Å²) in [4.78, 5) is 48.4. The molecule has 1 aromatic carbocycles. The molecular weight excluding hydrogens is 486 g/mol. The molecule has 1 aromatic rings. The predicted molar refractivity (Wildman–Crippen MR) is 133 cm³/mol. The molecule has 0 fully saturated rings. The Hall–Kier alpha value is -3.34. The first kappa shape index (κ1) is 31.7. The minimum absolute atomic E-state index is 0.0901. The Balaban J connectivity index is 3.43. The molecule has 1 rings (SSSR count). The molecule has 0 aliphatic heterocycles. The second-order valence-electron chi connectivity index (χ2n) is 9.79. The second-order valence-corrected chi connectivity index (χ2v) is 9.79. The standard InChI is InChI=1S/C26H39NO10/c1-13(2)11-21(28)35-17(8)16(7)22(23(27)24(29)30)18-9-10-19(36-25(31)33-14(3)4)20(12-18)37-26(32)34-15(5)6/h9-10,12-17,22-23H,11,27H2,1-8H3,(H,29,30)/t16?,17?,22?,23-/m0/s1. The number of ether oxygens (including phenoxy) is 5. The Labute approximate surface area is 217 Å². The highest BCUT2D eigenvalue weighted by Gasteiger charge is 2.36. The van der Waals surface area contributed by atoms with Gasteiger partial charge in [0.2, 0.25) is 0 Å². The fourth-order valence-electron chi connectivity index (χ4n) is 3.49. The maximum Gasteiger partial charge on any atom is 0.514 e. The monoisotopic (exact) mass is 525 g/mol. The average Bonchev–Trinajstić information content (AvgIpc) is 2.73. The Morgan fingerprint density at radius 2 is 1.32 bits per heavy atom. The molecule has 208 valence electrons. The highest BCUT2D eigenvalue weighted by atomic mass is 16.7. The molecular formula is C26H39NO10. The highest BCUT2D eigenvalue weighted by Crippen LogP contribution is 2.37. The number of carbonyl (C=O) groups excluding carboxylic acids is 3. The van der Waals surface area contributed by atoms with E-state index in [2.05, 4.69) is 0 Å². The quantitative estimate of drug-likeness (QED) is 0.222. The largest absolute Gasteiger partial charge is 0.514 e. The topological polar surface area (TPSA) is 161 Å². The predicted octanol–water partition coefficient (Wildman–Crippen LogP) is 4.64. The number of hydrogen-bond donors (Lipinski definition) is 2. The molecule has 0 radical (unpaired) electrons. The number of nitrogens with two attached hydrogens (primary N) is 1. The van der Waals surface area contributed by atoms with Crippen molar-refractivity contribution >= 4 is 24.2 Å². The normalized spacial score (nSPS) is 14.5. The maximum absolute atomic E-state index is 12.2. The van der Waals surface area contributed by atoms with Crippen molar-refractivity contribution in [3.63, 3.8) is 0 Å². The van der Waals surface area contributed by atoms with Gasteiger partial charge in [0.25, 0.3) is 0 Å². The van der Waals surface area contributed by atoms with Gasteiger partial charge in [-0.25, -0.2) is 9.59 Å². The first-order valence-electron chi connectivity index (χ1n) is 12.2. The van der Waals surface area contributed by atoms with Crippen LogP contribution in [0.2, 0.25) is 0 Å². The zero-order chi connectivity index (χ0) is 28.4. The lowest BCUT2D eigenvalue weighted by Crippen LogP contribution is -2.42. The van der Waals surface area contributed by atoms with Crippen LogP contribution in [-0.2, 0) is 23.8 Å². The van der Waals surface area contributed by atoms with Crippen molar-refractivity contribution in [3.05, 3.63) is 23.8 Å². The van der Waals surface area contributed by atoms with Crippen molar-refractivity contribution in [2.45, 2.75) is 92.1 Å². The first-order chi connectivity index (χ1) is 17.1. The van der Waals surface area contributed by atoms with Gasteiger partial charge in [-0.05, 0) is 58.2 Å². The minimum Gasteiger partial charge on any atom is -0.480 e. The Bertz CT molecular complexity index is 943. The number of carbonyl (C=O) groups is 4. The number of hydrogen-bond acceptors (Lipinski definition) is 10. The number of carboxylic acids is 1. The molecule has 3 unspecified atom stereocenters. The molecule has 0 aromatic heterocycles. The van der Waals surface area contributed by atoms with E-state index in [-0.39, 0.29) is 23.8 Å². The van der Waals surface area contributed by atoms with Crippen molar-refractivity contribution in [1.29, 1.82) is 0 Å². The van der Waals surface area contributed by atoms with E-state index in [1.165, 1.54) is 18.2 Å². The Morgan fingerprint density at radius 3 is 1.78 bits per heavy atom. The zero-order valence-electron chi connectivity index (χ0n) is 22.7. The second kappa shape index (κ2) is 14.4. The molecule has 11 heteroatoms. The molecule has 0 aliphatic rings. The number of rotatable bonds is 12. The lowest BCUT2D eigenvalue weighted by atomic mass is 9.79. The van der Waals surface area contributed by atoms with E-state index in [4.69, 9.17) is 29.4 Å². The lowest BCUT2D eigenvalue weighted by Gasteiger charge is -2.32. The van der Waals surface area contributed by atoms with E-state index in [0.717, 1.165) is 0 Å². The maximum atomic E-state index is 12.2. The van der Waals surface area contributed by atoms with Crippen molar-refractivity contribution < 1.29 is 48.0 Å². The zero-order valence-corrected chi connectivity index (χ0v) is 22.7. The van der Waals surface area contributed by atoms with E-state index in [1.807, 2.05) is 13.8 Å². The van der Waals surface area contributed by atoms with E-state index in [1.54, 1.807) is 41.5 Å². The van der Waals surface area contributed by atoms with Gasteiger partial charge in [-0.2, -0.15) is 0 Å². The third-order valence-electron chi connectivity index (χ3n) is 5.27. The van der Waals surface area contributed by atoms with Crippen LogP contribution >= 0.6 is 0 Å². The van der Waals surface area contributed by atoms with Crippen LogP contribution in [-0.4, -0.2) is 53.7 Å². The fourth-order valence-corrected chi connectivity index (χ4v) is 3.49. The van der Waals surface area contributed by atoms with Crippen LogP contribution in [0, 0.1) is 11.8 Å². The summed E-state index contributed by atoms with van der Waals surface area (Å²) in [6.45, 7) is 13.6. The van der Waals surface area contributed by atoms with E-state index >= 15 is 0 Å². The van der Waals surface area contributed by atoms with Crippen molar-refractivity contribution in [2.75, 3.05) is 0 Å². The highest BCUT2D eigenvalue weighted by molar-refractivity contribution is 5.75. The SMILES string of the molecule is CC(C)CC(=O)OC(C)C(C)C(c1ccc(OC(=O)OC(C)C)c(OC(=O)OC(C)C)c1)[C@H](N)C(=O)O. The van der Waals surface area contributed by atoms with Crippen molar-refractivity contribution in [3.8, 4) is 11.5 Å². The lowest BCUT2D eigenvalue weighted by molar-refractivity contribution is -0.152. The summed E-state index contributed by atoms with van der Waals surface area (Å²) in [7, 11) is 0. The van der Waals surface area contributed by atoms with Gasteiger partial charge < -0.3 is 34.5 Å². The summed E-state index contributed by atoms with van der Waals surface area (Å²) >= 11 is 0. The van der Waals surface area contributed by atoms with Gasteiger partial charge in [-0.1, -0.05) is 26.8 Å². The third-order valence-corrected chi connectivity index (χ3v) is 5.27. The molecule has 0 amide bonds. The number of benzene rings is 1. The summed E-state index contributed by atoms with van der Waals surface area (Å²) in [5.41, 5.74) is 6.41. The molecule has 0 bridgehead atoms. The van der Waals surface area contributed by atoms with Crippen LogP contribution in [0.15, 0.2) is 18.2 Å². The van der Waals surface area contributed by atoms with Crippen LogP contribution in [0.5, 0.6) is 11.5 Å². The molecule has 0 saturated carbocycles. The molecule has 0 aliphatic carbocycles. The summed E-state index contributed by atoms with van der Waals surface area (Å²) in [5, 5.41) is 9.69. The van der Waals surface area contributed by atoms with Crippen molar-refractivity contribution in [1.82, 2.24) is 0 Å². The van der Waals surface area contributed by atoms with Gasteiger partial charge in [0.1, 0.15) is 12.1 Å². The Kier molecular flexibility index (Phi) is 12.3. The summed E-state index contributed by atoms with van der Waals surface area (Å²) in [6, 6.07) is 2.77. The van der Waals surface area contributed by atoms with Crippen LogP contribution in [0.3, 0.4) is 0 Å².